The fraction of sp³-hybridized carbons (Fsp3) is 0.182. The normalized spacial score (nSPS) is 11.9. The van der Waals surface area contributed by atoms with Crippen molar-refractivity contribution in [1.82, 2.24) is 24.4 Å². The fourth-order valence-corrected chi connectivity index (χ4v) is 3.47. The van der Waals surface area contributed by atoms with Gasteiger partial charge in [0.2, 0.25) is 5.91 Å². The first-order chi connectivity index (χ1) is 15.0. The summed E-state index contributed by atoms with van der Waals surface area (Å²) in [4.78, 5) is 43.3. The third-order valence-corrected chi connectivity index (χ3v) is 5.08. The predicted molar refractivity (Wildman–Crippen MR) is 115 cm³/mol. The molecule has 4 aromatic rings. The number of H-pyrrole nitrogens is 1. The number of fused-ring (bicyclic) bond motifs is 1. The van der Waals surface area contributed by atoms with Crippen LogP contribution in [0.2, 0.25) is 0 Å². The van der Waals surface area contributed by atoms with Gasteiger partial charge in [-0.3, -0.25) is 19.1 Å². The number of benzene rings is 2. The molecule has 2 aromatic carbocycles. The Morgan fingerprint density at radius 1 is 1.10 bits per heavy atom. The quantitative estimate of drug-likeness (QED) is 0.490. The molecule has 4 rings (SSSR count). The van der Waals surface area contributed by atoms with Gasteiger partial charge in [-0.25, -0.2) is 9.78 Å². The number of hydrogen-bond acceptors (Lipinski definition) is 5. The minimum Gasteiger partial charge on any atom is -0.497 e. The second-order valence-corrected chi connectivity index (χ2v) is 7.05. The number of aromatic amines is 1. The first-order valence-corrected chi connectivity index (χ1v) is 9.60. The van der Waals surface area contributed by atoms with E-state index in [0.29, 0.717) is 0 Å². The average molecular weight is 419 g/mol. The summed E-state index contributed by atoms with van der Waals surface area (Å²) in [5, 5.41) is 3.03. The molecule has 9 nitrogen and oxygen atoms in total. The molecule has 0 aliphatic heterocycles. The van der Waals surface area contributed by atoms with Crippen LogP contribution >= 0.6 is 0 Å². The lowest BCUT2D eigenvalue weighted by molar-refractivity contribution is -0.122. The topological polar surface area (TPSA) is 111 Å². The second-order valence-electron chi connectivity index (χ2n) is 7.05. The van der Waals surface area contributed by atoms with Gasteiger partial charge in [0.15, 0.2) is 11.2 Å². The van der Waals surface area contributed by atoms with Crippen LogP contribution in [0.15, 0.2) is 70.5 Å². The number of amides is 1. The van der Waals surface area contributed by atoms with Crippen molar-refractivity contribution in [2.24, 2.45) is 7.05 Å². The number of rotatable bonds is 6. The molecule has 2 heterocycles. The van der Waals surface area contributed by atoms with E-state index in [2.05, 4.69) is 15.3 Å². The summed E-state index contributed by atoms with van der Waals surface area (Å²) in [5.41, 5.74) is 1.04. The van der Waals surface area contributed by atoms with Crippen molar-refractivity contribution in [3.05, 3.63) is 92.9 Å². The van der Waals surface area contributed by atoms with Crippen molar-refractivity contribution in [2.45, 2.75) is 12.6 Å². The Morgan fingerprint density at radius 3 is 2.45 bits per heavy atom. The molecule has 1 atom stereocenters. The molecule has 0 bridgehead atoms. The number of nitrogens with zero attached hydrogens (tertiary/aromatic N) is 3. The van der Waals surface area contributed by atoms with Crippen LogP contribution < -0.4 is 21.3 Å². The lowest BCUT2D eigenvalue weighted by atomic mass is 9.98. The van der Waals surface area contributed by atoms with E-state index in [0.717, 1.165) is 16.9 Å². The van der Waals surface area contributed by atoms with Crippen LogP contribution in [0.5, 0.6) is 5.75 Å². The number of carbonyl (C=O) groups excluding carboxylic acids is 1. The smallest absolute Gasteiger partial charge is 0.329 e. The first-order valence-electron chi connectivity index (χ1n) is 9.60. The van der Waals surface area contributed by atoms with Gasteiger partial charge < -0.3 is 14.6 Å². The Bertz CT molecular complexity index is 1340. The van der Waals surface area contributed by atoms with Gasteiger partial charge in [-0.05, 0) is 23.3 Å². The Hall–Kier alpha value is -4.14. The third kappa shape index (κ3) is 3.97. The molecule has 0 spiro atoms. The average Bonchev–Trinajstić information content (AvgIpc) is 3.21. The van der Waals surface area contributed by atoms with Crippen molar-refractivity contribution in [1.29, 1.82) is 0 Å². The van der Waals surface area contributed by atoms with Crippen LogP contribution in [0.25, 0.3) is 11.2 Å². The van der Waals surface area contributed by atoms with Crippen molar-refractivity contribution in [3.8, 4) is 5.75 Å². The zero-order valence-electron chi connectivity index (χ0n) is 17.0. The Kier molecular flexibility index (Phi) is 5.40. The Labute approximate surface area is 176 Å². The molecule has 0 aliphatic carbocycles. The standard InChI is InChI=1S/C22H21N5O4/c1-26-20-19(21(29)25-22(26)30)27(13-23-20)12-17(28)24-18(14-6-4-3-5-7-14)15-8-10-16(31-2)11-9-15/h3-11,13,18H,12H2,1-2H3,(H,24,28)(H,25,29,30). The van der Waals surface area contributed by atoms with Crippen molar-refractivity contribution >= 4 is 17.1 Å². The van der Waals surface area contributed by atoms with Crippen molar-refractivity contribution in [3.63, 3.8) is 0 Å². The number of carbonyl (C=O) groups is 1. The van der Waals surface area contributed by atoms with E-state index < -0.39 is 17.3 Å². The van der Waals surface area contributed by atoms with Gasteiger partial charge in [-0.15, -0.1) is 0 Å². The monoisotopic (exact) mass is 419 g/mol. The van der Waals surface area contributed by atoms with E-state index in [1.165, 1.54) is 22.5 Å². The Morgan fingerprint density at radius 2 is 1.77 bits per heavy atom. The number of imidazole rings is 1. The summed E-state index contributed by atoms with van der Waals surface area (Å²) in [6.07, 6.45) is 1.38. The molecule has 2 N–H and O–H groups in total. The van der Waals surface area contributed by atoms with E-state index in [9.17, 15) is 14.4 Å². The molecular formula is C22H21N5O4. The summed E-state index contributed by atoms with van der Waals surface area (Å²) >= 11 is 0. The number of methoxy groups -OCH3 is 1. The Balaban J connectivity index is 1.64. The highest BCUT2D eigenvalue weighted by Crippen LogP contribution is 2.24. The molecule has 2 aromatic heterocycles. The highest BCUT2D eigenvalue weighted by atomic mass is 16.5. The molecule has 9 heteroatoms. The maximum absolute atomic E-state index is 12.9. The SMILES string of the molecule is COc1ccc(C(NC(=O)Cn2cnc3c2c(=O)[nH]c(=O)n3C)c2ccccc2)cc1. The molecule has 1 amide bonds. The summed E-state index contributed by atoms with van der Waals surface area (Å²) < 4.78 is 7.88. The number of hydrogen-bond donors (Lipinski definition) is 2. The van der Waals surface area contributed by atoms with Crippen LogP contribution in [-0.4, -0.2) is 32.1 Å². The molecule has 31 heavy (non-hydrogen) atoms. The lowest BCUT2D eigenvalue weighted by Crippen LogP contribution is -2.33. The molecule has 158 valence electrons. The van der Waals surface area contributed by atoms with Gasteiger partial charge in [0.1, 0.15) is 12.3 Å². The number of ether oxygens (including phenoxy) is 1. The van der Waals surface area contributed by atoms with E-state index in [1.807, 2.05) is 54.6 Å². The molecular weight excluding hydrogens is 398 g/mol. The zero-order valence-corrected chi connectivity index (χ0v) is 17.0. The second kappa shape index (κ2) is 8.31. The number of aryl methyl sites for hydroxylation is 1. The zero-order chi connectivity index (χ0) is 22.0. The summed E-state index contributed by atoms with van der Waals surface area (Å²) in [6.45, 7) is -0.128. The largest absolute Gasteiger partial charge is 0.497 e. The highest BCUT2D eigenvalue weighted by molar-refractivity contribution is 5.79. The van der Waals surface area contributed by atoms with E-state index in [-0.39, 0.29) is 23.6 Å². The lowest BCUT2D eigenvalue weighted by Gasteiger charge is -2.20. The molecule has 0 fully saturated rings. The summed E-state index contributed by atoms with van der Waals surface area (Å²) in [7, 11) is 3.10. The number of aromatic nitrogens is 4. The molecule has 1 unspecified atom stereocenters. The van der Waals surface area contributed by atoms with E-state index in [1.54, 1.807) is 7.11 Å². The van der Waals surface area contributed by atoms with Crippen molar-refractivity contribution < 1.29 is 9.53 Å². The van der Waals surface area contributed by atoms with Gasteiger partial charge in [0.05, 0.1) is 19.5 Å². The first kappa shape index (κ1) is 20.1. The van der Waals surface area contributed by atoms with Crippen LogP contribution in [0.4, 0.5) is 0 Å². The minimum atomic E-state index is -0.585. The molecule has 0 radical (unpaired) electrons. The molecule has 0 saturated carbocycles. The maximum Gasteiger partial charge on any atom is 0.329 e. The molecule has 0 saturated heterocycles. The third-order valence-electron chi connectivity index (χ3n) is 5.08. The molecule has 0 aliphatic rings. The summed E-state index contributed by atoms with van der Waals surface area (Å²) in [5.74, 6) is 0.411. The van der Waals surface area contributed by atoms with Crippen molar-refractivity contribution in [2.75, 3.05) is 7.11 Å². The van der Waals surface area contributed by atoms with E-state index >= 15 is 0 Å². The number of nitrogens with one attached hydrogen (secondary N) is 2. The highest BCUT2D eigenvalue weighted by Gasteiger charge is 2.19. The minimum absolute atomic E-state index is 0.128. The van der Waals surface area contributed by atoms with Crippen LogP contribution in [-0.2, 0) is 18.4 Å². The predicted octanol–water partition coefficient (Wildman–Crippen LogP) is 1.34. The maximum atomic E-state index is 12.9. The van der Waals surface area contributed by atoms with Gasteiger partial charge in [0, 0.05) is 7.05 Å². The summed E-state index contributed by atoms with van der Waals surface area (Å²) in [6, 6.07) is 16.6. The van der Waals surface area contributed by atoms with Crippen LogP contribution in [0.1, 0.15) is 17.2 Å². The van der Waals surface area contributed by atoms with Gasteiger partial charge >= 0.3 is 5.69 Å². The fourth-order valence-electron chi connectivity index (χ4n) is 3.47. The van der Waals surface area contributed by atoms with Crippen LogP contribution in [0, 0.1) is 0 Å². The van der Waals surface area contributed by atoms with Crippen LogP contribution in [0.3, 0.4) is 0 Å². The van der Waals surface area contributed by atoms with E-state index in [4.69, 9.17) is 4.74 Å². The van der Waals surface area contributed by atoms with Gasteiger partial charge in [-0.2, -0.15) is 0 Å². The van der Waals surface area contributed by atoms with Gasteiger partial charge in [0.25, 0.3) is 5.56 Å². The van der Waals surface area contributed by atoms with Gasteiger partial charge in [-0.1, -0.05) is 42.5 Å².